The van der Waals surface area contributed by atoms with E-state index >= 15 is 0 Å². The van der Waals surface area contributed by atoms with Gasteiger partial charge >= 0.3 is 0 Å². The molecule has 1 fully saturated rings. The molecule has 0 saturated carbocycles. The number of ether oxygens (including phenoxy) is 2. The van der Waals surface area contributed by atoms with Gasteiger partial charge in [-0.3, -0.25) is 20.4 Å². The molecule has 2 N–H and O–H groups in total. The van der Waals surface area contributed by atoms with Crippen LogP contribution in [0.5, 0.6) is 11.5 Å². The van der Waals surface area contributed by atoms with Gasteiger partial charge in [0, 0.05) is 24.7 Å². The quantitative estimate of drug-likeness (QED) is 0.462. The van der Waals surface area contributed by atoms with E-state index < -0.39 is 5.92 Å². The van der Waals surface area contributed by atoms with Crippen LogP contribution < -0.4 is 25.2 Å². The largest absolute Gasteiger partial charge is 0.490 e. The number of nitrogens with one attached hydrogen (secondary N) is 2. The number of aryl methyl sites for hydroxylation is 1. The summed E-state index contributed by atoms with van der Waals surface area (Å²) in [4.78, 5) is 26.8. The molecular weight excluding hydrogens is 430 g/mol. The van der Waals surface area contributed by atoms with E-state index in [1.54, 1.807) is 17.0 Å². The molecule has 1 saturated heterocycles. The Hall–Kier alpha value is -4.00. The fourth-order valence-corrected chi connectivity index (χ4v) is 3.80. The van der Waals surface area contributed by atoms with Crippen LogP contribution >= 0.6 is 0 Å². The maximum absolute atomic E-state index is 12.7. The summed E-state index contributed by atoms with van der Waals surface area (Å²) < 4.78 is 11.7. The highest BCUT2D eigenvalue weighted by Gasteiger charge is 2.35. The third-order valence-corrected chi connectivity index (χ3v) is 5.65. The summed E-state index contributed by atoms with van der Waals surface area (Å²) in [7, 11) is 0. The Labute approximate surface area is 199 Å². The summed E-state index contributed by atoms with van der Waals surface area (Å²) in [5.41, 5.74) is 9.31. The maximum Gasteiger partial charge on any atom is 0.243 e. The van der Waals surface area contributed by atoms with E-state index in [2.05, 4.69) is 10.9 Å². The first-order chi connectivity index (χ1) is 16.5. The lowest BCUT2D eigenvalue weighted by molar-refractivity contribution is -0.125. The van der Waals surface area contributed by atoms with E-state index in [9.17, 15) is 9.59 Å². The zero-order valence-corrected chi connectivity index (χ0v) is 19.4. The van der Waals surface area contributed by atoms with Crippen LogP contribution in [-0.2, 0) is 16.2 Å². The molecule has 1 atom stereocenters. The topological polar surface area (TPSA) is 79.9 Å². The van der Waals surface area contributed by atoms with Gasteiger partial charge < -0.3 is 14.4 Å². The highest BCUT2D eigenvalue weighted by Crippen LogP contribution is 2.31. The molecule has 3 aromatic rings. The van der Waals surface area contributed by atoms with Crippen LogP contribution in [0, 0.1) is 12.8 Å². The second kappa shape index (κ2) is 10.7. The Morgan fingerprint density at radius 1 is 1.00 bits per heavy atom. The number of hydrazine groups is 1. The van der Waals surface area contributed by atoms with Crippen molar-refractivity contribution in [3.05, 3.63) is 83.9 Å². The van der Waals surface area contributed by atoms with Gasteiger partial charge in [-0.2, -0.15) is 0 Å². The number of anilines is 2. The van der Waals surface area contributed by atoms with Gasteiger partial charge in [-0.1, -0.05) is 48.0 Å². The van der Waals surface area contributed by atoms with Crippen molar-refractivity contribution in [1.82, 2.24) is 5.43 Å². The van der Waals surface area contributed by atoms with Gasteiger partial charge in [-0.15, -0.1) is 0 Å². The van der Waals surface area contributed by atoms with Gasteiger partial charge in [0.05, 0.1) is 18.2 Å². The van der Waals surface area contributed by atoms with Crippen molar-refractivity contribution in [1.29, 1.82) is 0 Å². The SMILES string of the molecule is CCOc1cc(NNC(=O)[C@H]2CC(=O)N(c3ccc(C)cc3)C2)ccc1OCc1ccccc1. The predicted octanol–water partition coefficient (Wildman–Crippen LogP) is 4.47. The van der Waals surface area contributed by atoms with Crippen LogP contribution in [0.3, 0.4) is 0 Å². The molecular formula is C27H29N3O4. The minimum absolute atomic E-state index is 0.0532. The molecule has 1 aliphatic heterocycles. The number of carbonyl (C=O) groups excluding carboxylic acids is 2. The summed E-state index contributed by atoms with van der Waals surface area (Å²) in [6, 6.07) is 23.0. The smallest absolute Gasteiger partial charge is 0.243 e. The molecule has 4 rings (SSSR count). The summed E-state index contributed by atoms with van der Waals surface area (Å²) >= 11 is 0. The summed E-state index contributed by atoms with van der Waals surface area (Å²) in [5, 5.41) is 0. The van der Waals surface area contributed by atoms with E-state index in [1.165, 1.54) is 0 Å². The molecule has 7 nitrogen and oxygen atoms in total. The van der Waals surface area contributed by atoms with Crippen molar-refractivity contribution in [3.63, 3.8) is 0 Å². The van der Waals surface area contributed by atoms with Crippen LogP contribution in [0.2, 0.25) is 0 Å². The number of amides is 2. The van der Waals surface area contributed by atoms with Gasteiger partial charge in [0.2, 0.25) is 11.8 Å². The molecule has 0 spiro atoms. The van der Waals surface area contributed by atoms with Crippen LogP contribution in [0.15, 0.2) is 72.8 Å². The Kier molecular flexibility index (Phi) is 7.32. The van der Waals surface area contributed by atoms with E-state index in [4.69, 9.17) is 9.47 Å². The van der Waals surface area contributed by atoms with Gasteiger partial charge in [-0.25, -0.2) is 0 Å². The van der Waals surface area contributed by atoms with Crippen LogP contribution in [0.1, 0.15) is 24.5 Å². The van der Waals surface area contributed by atoms with Crippen molar-refractivity contribution in [2.24, 2.45) is 5.92 Å². The average Bonchev–Trinajstić information content (AvgIpc) is 3.25. The zero-order chi connectivity index (χ0) is 23.9. The Morgan fingerprint density at radius 2 is 1.76 bits per heavy atom. The molecule has 0 aliphatic carbocycles. The zero-order valence-electron chi connectivity index (χ0n) is 19.4. The molecule has 0 unspecified atom stereocenters. The lowest BCUT2D eigenvalue weighted by Crippen LogP contribution is -2.36. The minimum Gasteiger partial charge on any atom is -0.490 e. The first-order valence-corrected chi connectivity index (χ1v) is 11.4. The Bertz CT molecular complexity index is 1130. The monoisotopic (exact) mass is 459 g/mol. The second-order valence-electron chi connectivity index (χ2n) is 8.22. The number of hydrogen-bond donors (Lipinski definition) is 2. The van der Waals surface area contributed by atoms with Crippen molar-refractivity contribution in [2.45, 2.75) is 26.9 Å². The standard InChI is InChI=1S/C27H29N3O4/c1-3-33-25-16-22(11-14-24(25)34-18-20-7-5-4-6-8-20)28-29-27(32)21-15-26(31)30(17-21)23-12-9-19(2)10-13-23/h4-14,16,21,28H,3,15,17-18H2,1-2H3,(H,29,32)/t21-/m0/s1. The molecule has 7 heteroatoms. The molecule has 1 heterocycles. The Morgan fingerprint density at radius 3 is 2.50 bits per heavy atom. The Balaban J connectivity index is 1.35. The van der Waals surface area contributed by atoms with Crippen LogP contribution in [-0.4, -0.2) is 25.0 Å². The average molecular weight is 460 g/mol. The number of nitrogens with zero attached hydrogens (tertiary/aromatic N) is 1. The van der Waals surface area contributed by atoms with Crippen LogP contribution in [0.25, 0.3) is 0 Å². The fourth-order valence-electron chi connectivity index (χ4n) is 3.80. The first-order valence-electron chi connectivity index (χ1n) is 11.4. The highest BCUT2D eigenvalue weighted by atomic mass is 16.5. The van der Waals surface area contributed by atoms with E-state index in [-0.39, 0.29) is 18.2 Å². The van der Waals surface area contributed by atoms with Gasteiger partial charge in [0.15, 0.2) is 11.5 Å². The van der Waals surface area contributed by atoms with Crippen LogP contribution in [0.4, 0.5) is 11.4 Å². The molecule has 0 bridgehead atoms. The molecule has 1 aliphatic rings. The lowest BCUT2D eigenvalue weighted by atomic mass is 10.1. The maximum atomic E-state index is 12.7. The van der Waals surface area contributed by atoms with Gasteiger partial charge in [-0.05, 0) is 43.7 Å². The van der Waals surface area contributed by atoms with E-state index in [1.807, 2.05) is 74.5 Å². The molecule has 3 aromatic carbocycles. The molecule has 2 amide bonds. The number of benzene rings is 3. The third kappa shape index (κ3) is 5.67. The molecule has 0 radical (unpaired) electrons. The molecule has 0 aromatic heterocycles. The molecule has 34 heavy (non-hydrogen) atoms. The first kappa shape index (κ1) is 23.2. The number of hydrogen-bond acceptors (Lipinski definition) is 5. The highest BCUT2D eigenvalue weighted by molar-refractivity contribution is 6.00. The minimum atomic E-state index is -0.429. The summed E-state index contributed by atoms with van der Waals surface area (Å²) in [5.74, 6) is 0.492. The summed E-state index contributed by atoms with van der Waals surface area (Å²) in [6.45, 7) is 5.16. The summed E-state index contributed by atoms with van der Waals surface area (Å²) in [6.07, 6.45) is 0.178. The van der Waals surface area contributed by atoms with Crippen molar-refractivity contribution in [3.8, 4) is 11.5 Å². The predicted molar refractivity (Wildman–Crippen MR) is 132 cm³/mol. The second-order valence-corrected chi connectivity index (χ2v) is 8.22. The normalized spacial score (nSPS) is 15.2. The lowest BCUT2D eigenvalue weighted by Gasteiger charge is -2.18. The molecule has 176 valence electrons. The number of carbonyl (C=O) groups is 2. The van der Waals surface area contributed by atoms with Crippen molar-refractivity contribution >= 4 is 23.2 Å². The number of rotatable bonds is 9. The van der Waals surface area contributed by atoms with E-state index in [0.29, 0.717) is 36.9 Å². The van der Waals surface area contributed by atoms with Crippen molar-refractivity contribution in [2.75, 3.05) is 23.5 Å². The van der Waals surface area contributed by atoms with Gasteiger partial charge in [0.1, 0.15) is 6.61 Å². The third-order valence-electron chi connectivity index (χ3n) is 5.65. The van der Waals surface area contributed by atoms with Gasteiger partial charge in [0.25, 0.3) is 0 Å². The fraction of sp³-hybridized carbons (Fsp3) is 0.259. The van der Waals surface area contributed by atoms with E-state index in [0.717, 1.165) is 16.8 Å². The van der Waals surface area contributed by atoms with Crippen molar-refractivity contribution < 1.29 is 19.1 Å².